The fourth-order valence-electron chi connectivity index (χ4n) is 2.04. The van der Waals surface area contributed by atoms with Gasteiger partial charge in [-0.3, -0.25) is 4.90 Å². The van der Waals surface area contributed by atoms with Gasteiger partial charge < -0.3 is 14.2 Å². The van der Waals surface area contributed by atoms with Crippen LogP contribution in [0.1, 0.15) is 17.3 Å². The second-order valence-electron chi connectivity index (χ2n) is 4.55. The van der Waals surface area contributed by atoms with Gasteiger partial charge in [-0.25, -0.2) is 4.79 Å². The molecule has 2 rings (SSSR count). The number of rotatable bonds is 6. The average Bonchev–Trinajstić information content (AvgIpc) is 2.49. The van der Waals surface area contributed by atoms with Crippen molar-refractivity contribution >= 4 is 5.97 Å². The van der Waals surface area contributed by atoms with Gasteiger partial charge in [0.2, 0.25) is 0 Å². The Balaban J connectivity index is 1.80. The second kappa shape index (κ2) is 7.87. The summed E-state index contributed by atoms with van der Waals surface area (Å²) in [6.45, 7) is 7.12. The third-order valence-electron chi connectivity index (χ3n) is 3.13. The van der Waals surface area contributed by atoms with Gasteiger partial charge in [0.15, 0.2) is 0 Å². The predicted molar refractivity (Wildman–Crippen MR) is 75.2 cm³/mol. The highest BCUT2D eigenvalue weighted by molar-refractivity contribution is 5.89. The van der Waals surface area contributed by atoms with Crippen LogP contribution in [0.5, 0.6) is 5.75 Å². The highest BCUT2D eigenvalue weighted by Gasteiger charge is 2.10. The zero-order valence-electron chi connectivity index (χ0n) is 11.8. The Morgan fingerprint density at radius 3 is 2.90 bits per heavy atom. The lowest BCUT2D eigenvalue weighted by Crippen LogP contribution is -2.38. The van der Waals surface area contributed by atoms with E-state index in [2.05, 4.69) is 4.90 Å². The number of morpholine rings is 1. The van der Waals surface area contributed by atoms with Crippen LogP contribution in [0.4, 0.5) is 0 Å². The predicted octanol–water partition coefficient (Wildman–Crippen LogP) is 1.57. The maximum absolute atomic E-state index is 11.6. The summed E-state index contributed by atoms with van der Waals surface area (Å²) >= 11 is 0. The maximum Gasteiger partial charge on any atom is 0.338 e. The molecule has 0 aliphatic carbocycles. The van der Waals surface area contributed by atoms with E-state index in [1.165, 1.54) is 0 Å². The molecule has 0 unspecified atom stereocenters. The fourth-order valence-corrected chi connectivity index (χ4v) is 2.04. The zero-order chi connectivity index (χ0) is 14.2. The molecule has 1 fully saturated rings. The van der Waals surface area contributed by atoms with Crippen LogP contribution in [0.2, 0.25) is 0 Å². The Hall–Kier alpha value is -1.59. The van der Waals surface area contributed by atoms with Crippen LogP contribution in [0.15, 0.2) is 24.3 Å². The highest BCUT2D eigenvalue weighted by Crippen LogP contribution is 2.14. The first-order valence-corrected chi connectivity index (χ1v) is 6.99. The van der Waals surface area contributed by atoms with Crippen LogP contribution >= 0.6 is 0 Å². The van der Waals surface area contributed by atoms with Crippen LogP contribution in [-0.2, 0) is 9.47 Å². The molecule has 5 heteroatoms. The summed E-state index contributed by atoms with van der Waals surface area (Å²) < 4.78 is 15.9. The number of carbonyl (C=O) groups excluding carboxylic acids is 1. The fraction of sp³-hybridized carbons (Fsp3) is 0.533. The lowest BCUT2D eigenvalue weighted by atomic mass is 10.2. The normalized spacial score (nSPS) is 15.8. The Kier molecular flexibility index (Phi) is 5.83. The Morgan fingerprint density at radius 1 is 1.35 bits per heavy atom. The minimum absolute atomic E-state index is 0.314. The molecule has 0 amide bonds. The molecule has 0 saturated carbocycles. The molecule has 1 aromatic carbocycles. The van der Waals surface area contributed by atoms with E-state index in [1.807, 2.05) is 6.07 Å². The number of esters is 1. The quantitative estimate of drug-likeness (QED) is 0.740. The van der Waals surface area contributed by atoms with E-state index >= 15 is 0 Å². The first-order valence-electron chi connectivity index (χ1n) is 6.99. The minimum atomic E-state index is -0.314. The molecular formula is C15H21NO4. The van der Waals surface area contributed by atoms with Crippen molar-refractivity contribution in [2.24, 2.45) is 0 Å². The van der Waals surface area contributed by atoms with E-state index < -0.39 is 0 Å². The van der Waals surface area contributed by atoms with E-state index in [0.29, 0.717) is 24.5 Å². The van der Waals surface area contributed by atoms with E-state index in [-0.39, 0.29) is 5.97 Å². The summed E-state index contributed by atoms with van der Waals surface area (Å²) in [4.78, 5) is 13.9. The molecule has 0 bridgehead atoms. The summed E-state index contributed by atoms with van der Waals surface area (Å²) in [5.74, 6) is 0.384. The minimum Gasteiger partial charge on any atom is -0.492 e. The van der Waals surface area contributed by atoms with Crippen molar-refractivity contribution < 1.29 is 19.0 Å². The average molecular weight is 279 g/mol. The van der Waals surface area contributed by atoms with Crippen LogP contribution < -0.4 is 4.74 Å². The molecule has 0 N–H and O–H groups in total. The summed E-state index contributed by atoms with van der Waals surface area (Å²) in [5.41, 5.74) is 0.524. The second-order valence-corrected chi connectivity index (χ2v) is 4.55. The van der Waals surface area contributed by atoms with Gasteiger partial charge in [-0.2, -0.15) is 0 Å². The topological polar surface area (TPSA) is 48.0 Å². The molecule has 110 valence electrons. The third-order valence-corrected chi connectivity index (χ3v) is 3.13. The molecule has 20 heavy (non-hydrogen) atoms. The Morgan fingerprint density at radius 2 is 2.15 bits per heavy atom. The van der Waals surface area contributed by atoms with Crippen molar-refractivity contribution in [1.82, 2.24) is 4.90 Å². The lowest BCUT2D eigenvalue weighted by Gasteiger charge is -2.26. The van der Waals surface area contributed by atoms with E-state index in [1.54, 1.807) is 25.1 Å². The summed E-state index contributed by atoms with van der Waals surface area (Å²) in [7, 11) is 0. The van der Waals surface area contributed by atoms with Crippen LogP contribution in [0, 0.1) is 0 Å². The van der Waals surface area contributed by atoms with Gasteiger partial charge in [0.05, 0.1) is 25.4 Å². The highest BCUT2D eigenvalue weighted by atomic mass is 16.5. The van der Waals surface area contributed by atoms with Gasteiger partial charge in [-0.1, -0.05) is 6.07 Å². The molecule has 1 saturated heterocycles. The first kappa shape index (κ1) is 14.8. The molecule has 1 heterocycles. The van der Waals surface area contributed by atoms with Crippen LogP contribution in [0.25, 0.3) is 0 Å². The molecule has 1 aliphatic heterocycles. The number of hydrogen-bond donors (Lipinski definition) is 0. The largest absolute Gasteiger partial charge is 0.492 e. The van der Waals surface area contributed by atoms with Crippen molar-refractivity contribution in [1.29, 1.82) is 0 Å². The van der Waals surface area contributed by atoms with Crippen molar-refractivity contribution in [2.75, 3.05) is 46.1 Å². The third kappa shape index (κ3) is 4.51. The lowest BCUT2D eigenvalue weighted by molar-refractivity contribution is 0.0322. The van der Waals surface area contributed by atoms with Crippen molar-refractivity contribution in [3.63, 3.8) is 0 Å². The standard InChI is InChI=1S/C15H21NO4/c1-2-19-15(17)13-4-3-5-14(12-13)20-11-8-16-6-9-18-10-7-16/h3-5,12H,2,6-11H2,1H3. The van der Waals surface area contributed by atoms with Gasteiger partial charge in [-0.05, 0) is 25.1 Å². The molecule has 0 aromatic heterocycles. The summed E-state index contributed by atoms with van der Waals surface area (Å²) in [6.07, 6.45) is 0. The maximum atomic E-state index is 11.6. The first-order chi connectivity index (χ1) is 9.79. The van der Waals surface area contributed by atoms with Crippen molar-refractivity contribution in [3.05, 3.63) is 29.8 Å². The van der Waals surface area contributed by atoms with E-state index in [4.69, 9.17) is 14.2 Å². The number of ether oxygens (including phenoxy) is 3. The molecule has 1 aromatic rings. The number of carbonyl (C=O) groups is 1. The summed E-state index contributed by atoms with van der Waals surface area (Å²) in [6, 6.07) is 7.10. The van der Waals surface area contributed by atoms with E-state index in [0.717, 1.165) is 32.8 Å². The van der Waals surface area contributed by atoms with Gasteiger partial charge in [0.25, 0.3) is 0 Å². The van der Waals surface area contributed by atoms with Crippen LogP contribution in [-0.4, -0.2) is 56.9 Å². The number of benzene rings is 1. The Labute approximate surface area is 119 Å². The summed E-state index contributed by atoms with van der Waals surface area (Å²) in [5, 5.41) is 0. The monoisotopic (exact) mass is 279 g/mol. The van der Waals surface area contributed by atoms with Gasteiger partial charge in [-0.15, -0.1) is 0 Å². The van der Waals surface area contributed by atoms with Gasteiger partial charge in [0.1, 0.15) is 12.4 Å². The zero-order valence-corrected chi connectivity index (χ0v) is 11.8. The molecular weight excluding hydrogens is 258 g/mol. The molecule has 0 atom stereocenters. The smallest absolute Gasteiger partial charge is 0.338 e. The molecule has 0 radical (unpaired) electrons. The number of nitrogens with zero attached hydrogens (tertiary/aromatic N) is 1. The van der Waals surface area contributed by atoms with Crippen LogP contribution in [0.3, 0.4) is 0 Å². The molecule has 0 spiro atoms. The van der Waals surface area contributed by atoms with E-state index in [9.17, 15) is 4.79 Å². The SMILES string of the molecule is CCOC(=O)c1cccc(OCCN2CCOCC2)c1. The molecule has 5 nitrogen and oxygen atoms in total. The van der Waals surface area contributed by atoms with Crippen molar-refractivity contribution in [2.45, 2.75) is 6.92 Å². The Bertz CT molecular complexity index is 430. The number of hydrogen-bond acceptors (Lipinski definition) is 5. The van der Waals surface area contributed by atoms with Gasteiger partial charge in [0, 0.05) is 19.6 Å². The van der Waals surface area contributed by atoms with Crippen molar-refractivity contribution in [3.8, 4) is 5.75 Å². The molecule has 1 aliphatic rings. The van der Waals surface area contributed by atoms with Gasteiger partial charge >= 0.3 is 5.97 Å².